The maximum Gasteiger partial charge on any atom is 0.339 e. The second-order valence-electron chi connectivity index (χ2n) is 6.83. The van der Waals surface area contributed by atoms with Gasteiger partial charge in [0.1, 0.15) is 5.60 Å². The van der Waals surface area contributed by atoms with Crippen LogP contribution in [-0.4, -0.2) is 22.3 Å². The summed E-state index contributed by atoms with van der Waals surface area (Å²) in [6.45, 7) is 6.92. The summed E-state index contributed by atoms with van der Waals surface area (Å²) in [7, 11) is 0. The maximum atomic E-state index is 12.6. The highest BCUT2D eigenvalue weighted by Crippen LogP contribution is 2.26. The van der Waals surface area contributed by atoms with Crippen molar-refractivity contribution in [2.45, 2.75) is 33.3 Å². The van der Waals surface area contributed by atoms with E-state index >= 15 is 0 Å². The summed E-state index contributed by atoms with van der Waals surface area (Å²) in [5.74, 6) is -0.565. The van der Waals surface area contributed by atoms with Gasteiger partial charge in [-0.1, -0.05) is 18.2 Å². The van der Waals surface area contributed by atoms with Gasteiger partial charge in [-0.2, -0.15) is 0 Å². The van der Waals surface area contributed by atoms with Crippen molar-refractivity contribution in [2.24, 2.45) is 0 Å². The van der Waals surface area contributed by atoms with E-state index in [9.17, 15) is 9.59 Å². The van der Waals surface area contributed by atoms with Crippen molar-refractivity contribution >= 4 is 33.6 Å². The molecule has 3 aromatic rings. The van der Waals surface area contributed by atoms with E-state index < -0.39 is 11.6 Å². The summed E-state index contributed by atoms with van der Waals surface area (Å²) in [6.07, 6.45) is 0. The molecule has 1 heterocycles. The van der Waals surface area contributed by atoms with E-state index in [1.807, 2.05) is 51.1 Å². The van der Waals surface area contributed by atoms with Gasteiger partial charge in [-0.15, -0.1) is 0 Å². The number of aromatic nitrogens is 1. The Morgan fingerprint density at radius 2 is 1.71 bits per heavy atom. The Labute approximate surface area is 140 Å². The van der Waals surface area contributed by atoms with Crippen LogP contribution in [0.15, 0.2) is 42.5 Å². The number of pyridine rings is 1. The Balaban J connectivity index is 2.30. The first-order valence-electron chi connectivity index (χ1n) is 7.82. The molecule has 0 bridgehead atoms. The number of rotatable bonds is 2. The lowest BCUT2D eigenvalue weighted by molar-refractivity contribution is 0.00718. The first-order chi connectivity index (χ1) is 11.2. The first-order valence-corrected chi connectivity index (χ1v) is 7.82. The van der Waals surface area contributed by atoms with Gasteiger partial charge in [-0.3, -0.25) is 4.79 Å². The molecular weight excluding hydrogens is 302 g/mol. The zero-order valence-corrected chi connectivity index (χ0v) is 14.2. The van der Waals surface area contributed by atoms with Crippen molar-refractivity contribution in [3.8, 4) is 0 Å². The largest absolute Gasteiger partial charge is 0.456 e. The third-order valence-corrected chi connectivity index (χ3v) is 3.66. The fraction of sp³-hybridized carbons (Fsp3) is 0.250. The van der Waals surface area contributed by atoms with Gasteiger partial charge in [0.05, 0.1) is 16.6 Å². The number of hydrogen-bond donors (Lipinski definition) is 0. The van der Waals surface area contributed by atoms with Crippen LogP contribution >= 0.6 is 0 Å². The number of carbonyl (C=O) groups is 2. The third-order valence-electron chi connectivity index (χ3n) is 3.66. The first kappa shape index (κ1) is 16.1. The van der Waals surface area contributed by atoms with Crippen molar-refractivity contribution in [2.75, 3.05) is 0 Å². The highest BCUT2D eigenvalue weighted by Gasteiger charge is 2.21. The molecule has 4 heteroatoms. The summed E-state index contributed by atoms with van der Waals surface area (Å²) in [5.41, 5.74) is 1.64. The van der Waals surface area contributed by atoms with E-state index in [-0.39, 0.29) is 5.78 Å². The van der Waals surface area contributed by atoms with Crippen molar-refractivity contribution in [1.82, 2.24) is 4.98 Å². The zero-order valence-electron chi connectivity index (χ0n) is 14.2. The van der Waals surface area contributed by atoms with Crippen LogP contribution in [0.1, 0.15) is 48.4 Å². The van der Waals surface area contributed by atoms with E-state index in [2.05, 4.69) is 4.98 Å². The standard InChI is InChI=1S/C20H19NO3/c1-12(22)14-10-16(19(23)24-20(2,3)4)15-9-13-7-5-6-8-17(13)21-18(15)11-14/h5-11H,1-4H3. The van der Waals surface area contributed by atoms with Gasteiger partial charge in [-0.25, -0.2) is 9.78 Å². The molecule has 0 saturated heterocycles. The number of esters is 1. The van der Waals surface area contributed by atoms with Crippen LogP contribution in [0.2, 0.25) is 0 Å². The number of ketones is 1. The average molecular weight is 321 g/mol. The van der Waals surface area contributed by atoms with Gasteiger partial charge in [-0.05, 0) is 52.0 Å². The number of fused-ring (bicyclic) bond motifs is 2. The predicted molar refractivity (Wildman–Crippen MR) is 94.4 cm³/mol. The molecule has 0 atom stereocenters. The number of Topliss-reactive ketones (excluding diaryl/α,β-unsaturated/α-hetero) is 1. The molecule has 0 aliphatic carbocycles. The number of para-hydroxylation sites is 1. The molecule has 3 rings (SSSR count). The minimum Gasteiger partial charge on any atom is -0.456 e. The molecule has 2 aromatic carbocycles. The minimum atomic E-state index is -0.611. The SMILES string of the molecule is CC(=O)c1cc(C(=O)OC(C)(C)C)c2cc3ccccc3nc2c1. The van der Waals surface area contributed by atoms with Gasteiger partial charge < -0.3 is 4.74 Å². The van der Waals surface area contributed by atoms with E-state index in [1.165, 1.54) is 6.92 Å². The summed E-state index contributed by atoms with van der Waals surface area (Å²) in [6, 6.07) is 12.9. The number of ether oxygens (including phenoxy) is 1. The van der Waals surface area contributed by atoms with E-state index in [0.29, 0.717) is 22.0 Å². The molecule has 24 heavy (non-hydrogen) atoms. The summed E-state index contributed by atoms with van der Waals surface area (Å²) in [4.78, 5) is 29.1. The Hall–Kier alpha value is -2.75. The number of hydrogen-bond acceptors (Lipinski definition) is 4. The fourth-order valence-corrected chi connectivity index (χ4v) is 2.58. The zero-order chi connectivity index (χ0) is 17.5. The normalized spacial score (nSPS) is 11.7. The van der Waals surface area contributed by atoms with Crippen molar-refractivity contribution in [1.29, 1.82) is 0 Å². The van der Waals surface area contributed by atoms with Crippen molar-refractivity contribution < 1.29 is 14.3 Å². The minimum absolute atomic E-state index is 0.114. The van der Waals surface area contributed by atoms with Crippen LogP contribution in [0.25, 0.3) is 21.8 Å². The molecule has 122 valence electrons. The molecule has 0 aliphatic heterocycles. The molecule has 0 amide bonds. The Kier molecular flexibility index (Phi) is 3.84. The second-order valence-corrected chi connectivity index (χ2v) is 6.83. The lowest BCUT2D eigenvalue weighted by atomic mass is 10.0. The Morgan fingerprint density at radius 1 is 1.00 bits per heavy atom. The van der Waals surface area contributed by atoms with Crippen LogP contribution in [0.4, 0.5) is 0 Å². The van der Waals surface area contributed by atoms with Crippen molar-refractivity contribution in [3.05, 3.63) is 53.6 Å². The van der Waals surface area contributed by atoms with E-state index in [1.54, 1.807) is 12.1 Å². The average Bonchev–Trinajstić information content (AvgIpc) is 2.50. The monoisotopic (exact) mass is 321 g/mol. The molecule has 0 radical (unpaired) electrons. The van der Waals surface area contributed by atoms with E-state index in [0.717, 1.165) is 10.9 Å². The predicted octanol–water partition coefficient (Wildman–Crippen LogP) is 4.55. The highest BCUT2D eigenvalue weighted by atomic mass is 16.6. The number of benzene rings is 2. The number of carbonyl (C=O) groups excluding carboxylic acids is 2. The summed E-state index contributed by atoms with van der Waals surface area (Å²) < 4.78 is 5.50. The molecule has 0 fully saturated rings. The fourth-order valence-electron chi connectivity index (χ4n) is 2.58. The van der Waals surface area contributed by atoms with Gasteiger partial charge in [0.25, 0.3) is 0 Å². The lowest BCUT2D eigenvalue weighted by Gasteiger charge is -2.20. The molecule has 0 spiro atoms. The number of nitrogens with zero attached hydrogens (tertiary/aromatic N) is 1. The van der Waals surface area contributed by atoms with E-state index in [4.69, 9.17) is 4.74 Å². The van der Waals surface area contributed by atoms with Gasteiger partial charge in [0.15, 0.2) is 5.78 Å². The summed E-state index contributed by atoms with van der Waals surface area (Å²) >= 11 is 0. The lowest BCUT2D eigenvalue weighted by Crippen LogP contribution is -2.24. The second kappa shape index (κ2) is 5.71. The maximum absolute atomic E-state index is 12.6. The highest BCUT2D eigenvalue weighted by molar-refractivity contribution is 6.10. The van der Waals surface area contributed by atoms with Gasteiger partial charge >= 0.3 is 5.97 Å². The van der Waals surface area contributed by atoms with Crippen LogP contribution in [0, 0.1) is 0 Å². The van der Waals surface area contributed by atoms with Crippen molar-refractivity contribution in [3.63, 3.8) is 0 Å². The molecule has 1 aromatic heterocycles. The molecular formula is C20H19NO3. The quantitative estimate of drug-likeness (QED) is 0.395. The Bertz CT molecular complexity index is 968. The molecule has 0 saturated carbocycles. The summed E-state index contributed by atoms with van der Waals surface area (Å²) in [5, 5.41) is 1.62. The molecule has 0 aliphatic rings. The topological polar surface area (TPSA) is 56.3 Å². The van der Waals surface area contributed by atoms with Gasteiger partial charge in [0, 0.05) is 16.3 Å². The van der Waals surface area contributed by atoms with Crippen LogP contribution in [-0.2, 0) is 4.74 Å². The van der Waals surface area contributed by atoms with Crippen LogP contribution in [0.5, 0.6) is 0 Å². The third kappa shape index (κ3) is 3.13. The van der Waals surface area contributed by atoms with Crippen LogP contribution in [0.3, 0.4) is 0 Å². The molecule has 0 N–H and O–H groups in total. The Morgan fingerprint density at radius 3 is 2.38 bits per heavy atom. The molecule has 0 unspecified atom stereocenters. The smallest absolute Gasteiger partial charge is 0.339 e. The van der Waals surface area contributed by atoms with Crippen LogP contribution < -0.4 is 0 Å². The van der Waals surface area contributed by atoms with Gasteiger partial charge in [0.2, 0.25) is 0 Å². The molecule has 4 nitrogen and oxygen atoms in total.